The molecule has 0 spiro atoms. The average molecular weight is 272 g/mol. The lowest BCUT2D eigenvalue weighted by atomic mass is 9.87. The number of rotatable bonds is 4. The van der Waals surface area contributed by atoms with E-state index in [0.717, 1.165) is 11.4 Å². The standard InChI is InChI=1S/C16H24N4/c1-16(2,3)15-13(11-20(4)19-15)14(10-17)18-12-8-6-5-7-9-12/h5-9,11,14,18H,10,17H2,1-4H3. The number of aryl methyl sites for hydroxylation is 1. The second kappa shape index (κ2) is 5.67. The van der Waals surface area contributed by atoms with Gasteiger partial charge in [0, 0.05) is 36.5 Å². The molecule has 3 N–H and O–H groups in total. The van der Waals surface area contributed by atoms with Gasteiger partial charge in [-0.05, 0) is 12.1 Å². The minimum Gasteiger partial charge on any atom is -0.377 e. The summed E-state index contributed by atoms with van der Waals surface area (Å²) >= 11 is 0. The SMILES string of the molecule is Cn1cc(C(CN)Nc2ccccc2)c(C(C)(C)C)n1. The van der Waals surface area contributed by atoms with E-state index in [1.807, 2.05) is 29.9 Å². The molecule has 0 aliphatic rings. The van der Waals surface area contributed by atoms with Crippen LogP contribution in [0.4, 0.5) is 5.69 Å². The fourth-order valence-electron chi connectivity index (χ4n) is 2.34. The number of anilines is 1. The predicted molar refractivity (Wildman–Crippen MR) is 83.8 cm³/mol. The molecule has 0 amide bonds. The molecule has 0 aliphatic carbocycles. The van der Waals surface area contributed by atoms with E-state index in [4.69, 9.17) is 5.73 Å². The Hall–Kier alpha value is -1.81. The Balaban J connectivity index is 2.33. The van der Waals surface area contributed by atoms with E-state index in [1.54, 1.807) is 0 Å². The first kappa shape index (κ1) is 14.6. The largest absolute Gasteiger partial charge is 0.377 e. The van der Waals surface area contributed by atoms with E-state index in [-0.39, 0.29) is 11.5 Å². The predicted octanol–water partition coefficient (Wildman–Crippen LogP) is 2.83. The summed E-state index contributed by atoms with van der Waals surface area (Å²) in [6.07, 6.45) is 2.06. The van der Waals surface area contributed by atoms with Crippen molar-refractivity contribution in [2.24, 2.45) is 12.8 Å². The van der Waals surface area contributed by atoms with Crippen LogP contribution < -0.4 is 11.1 Å². The van der Waals surface area contributed by atoms with Crippen LogP contribution in [0.15, 0.2) is 36.5 Å². The maximum absolute atomic E-state index is 5.97. The number of nitrogens with one attached hydrogen (secondary N) is 1. The minimum absolute atomic E-state index is 0.00236. The lowest BCUT2D eigenvalue weighted by molar-refractivity contribution is 0.544. The first-order chi connectivity index (χ1) is 9.41. The summed E-state index contributed by atoms with van der Waals surface area (Å²) < 4.78 is 1.87. The molecule has 0 fully saturated rings. The van der Waals surface area contributed by atoms with Gasteiger partial charge in [0.05, 0.1) is 11.7 Å². The summed E-state index contributed by atoms with van der Waals surface area (Å²) in [4.78, 5) is 0. The van der Waals surface area contributed by atoms with Crippen LogP contribution in [0.2, 0.25) is 0 Å². The Morgan fingerprint density at radius 3 is 2.45 bits per heavy atom. The van der Waals surface area contributed by atoms with Gasteiger partial charge in [-0.1, -0.05) is 39.0 Å². The van der Waals surface area contributed by atoms with Crippen LogP contribution in [-0.4, -0.2) is 16.3 Å². The Morgan fingerprint density at radius 1 is 1.25 bits per heavy atom. The lowest BCUT2D eigenvalue weighted by Gasteiger charge is -2.23. The number of benzene rings is 1. The van der Waals surface area contributed by atoms with Crippen LogP contribution in [0, 0.1) is 0 Å². The molecule has 4 nitrogen and oxygen atoms in total. The zero-order chi connectivity index (χ0) is 14.8. The molecule has 4 heteroatoms. The third kappa shape index (κ3) is 3.20. The Morgan fingerprint density at radius 2 is 1.90 bits per heavy atom. The molecular weight excluding hydrogens is 248 g/mol. The van der Waals surface area contributed by atoms with Gasteiger partial charge in [0.1, 0.15) is 0 Å². The Kier molecular flexibility index (Phi) is 4.14. The van der Waals surface area contributed by atoms with Crippen molar-refractivity contribution in [2.45, 2.75) is 32.2 Å². The van der Waals surface area contributed by atoms with Crippen molar-refractivity contribution in [1.82, 2.24) is 9.78 Å². The maximum atomic E-state index is 5.97. The fraction of sp³-hybridized carbons (Fsp3) is 0.438. The third-order valence-electron chi connectivity index (χ3n) is 3.29. The van der Waals surface area contributed by atoms with Gasteiger partial charge in [0.2, 0.25) is 0 Å². The van der Waals surface area contributed by atoms with Crippen molar-refractivity contribution < 1.29 is 0 Å². The number of nitrogens with zero attached hydrogens (tertiary/aromatic N) is 2. The van der Waals surface area contributed by atoms with Crippen molar-refractivity contribution in [3.8, 4) is 0 Å². The van der Waals surface area contributed by atoms with Crippen molar-refractivity contribution in [3.63, 3.8) is 0 Å². The zero-order valence-electron chi connectivity index (χ0n) is 12.7. The topological polar surface area (TPSA) is 55.9 Å². The fourth-order valence-corrected chi connectivity index (χ4v) is 2.34. The molecule has 0 bridgehead atoms. The highest BCUT2D eigenvalue weighted by Crippen LogP contribution is 2.29. The molecular formula is C16H24N4. The van der Waals surface area contributed by atoms with Crippen molar-refractivity contribution >= 4 is 5.69 Å². The monoisotopic (exact) mass is 272 g/mol. The van der Waals surface area contributed by atoms with Crippen molar-refractivity contribution in [2.75, 3.05) is 11.9 Å². The molecule has 0 radical (unpaired) electrons. The number of hydrogen-bond donors (Lipinski definition) is 2. The quantitative estimate of drug-likeness (QED) is 0.900. The molecule has 1 aromatic carbocycles. The van der Waals surface area contributed by atoms with Crippen LogP contribution in [0.5, 0.6) is 0 Å². The van der Waals surface area contributed by atoms with Crippen LogP contribution in [0.1, 0.15) is 38.1 Å². The second-order valence-electron chi connectivity index (χ2n) is 6.16. The molecule has 0 aliphatic heterocycles. The minimum atomic E-state index is 0.00236. The summed E-state index contributed by atoms with van der Waals surface area (Å²) in [5, 5.41) is 8.11. The molecule has 1 heterocycles. The summed E-state index contributed by atoms with van der Waals surface area (Å²) in [7, 11) is 1.95. The number of nitrogens with two attached hydrogens (primary N) is 1. The zero-order valence-corrected chi connectivity index (χ0v) is 12.7. The van der Waals surface area contributed by atoms with E-state index in [9.17, 15) is 0 Å². The second-order valence-corrected chi connectivity index (χ2v) is 6.16. The highest BCUT2D eigenvalue weighted by Gasteiger charge is 2.26. The van der Waals surface area contributed by atoms with Gasteiger partial charge in [-0.3, -0.25) is 4.68 Å². The summed E-state index contributed by atoms with van der Waals surface area (Å²) in [6.45, 7) is 7.06. The third-order valence-corrected chi connectivity index (χ3v) is 3.29. The molecule has 0 saturated carbocycles. The van der Waals surface area contributed by atoms with E-state index < -0.39 is 0 Å². The highest BCUT2D eigenvalue weighted by molar-refractivity contribution is 5.46. The number of aromatic nitrogens is 2. The average Bonchev–Trinajstić information content (AvgIpc) is 2.79. The normalized spacial score (nSPS) is 13.2. The van der Waals surface area contributed by atoms with Gasteiger partial charge >= 0.3 is 0 Å². The van der Waals surface area contributed by atoms with Crippen LogP contribution >= 0.6 is 0 Å². The molecule has 108 valence electrons. The summed E-state index contributed by atoms with van der Waals surface area (Å²) in [5.74, 6) is 0. The molecule has 0 saturated heterocycles. The molecule has 2 rings (SSSR count). The van der Waals surface area contributed by atoms with Crippen LogP contribution in [-0.2, 0) is 12.5 Å². The smallest absolute Gasteiger partial charge is 0.0731 e. The van der Waals surface area contributed by atoms with E-state index >= 15 is 0 Å². The van der Waals surface area contributed by atoms with Gasteiger partial charge in [0.15, 0.2) is 0 Å². The van der Waals surface area contributed by atoms with E-state index in [2.05, 4.69) is 49.5 Å². The van der Waals surface area contributed by atoms with Gasteiger partial charge in [-0.25, -0.2) is 0 Å². The van der Waals surface area contributed by atoms with E-state index in [0.29, 0.717) is 6.54 Å². The van der Waals surface area contributed by atoms with Crippen LogP contribution in [0.25, 0.3) is 0 Å². The van der Waals surface area contributed by atoms with Gasteiger partial charge in [0.25, 0.3) is 0 Å². The highest BCUT2D eigenvalue weighted by atomic mass is 15.3. The maximum Gasteiger partial charge on any atom is 0.0731 e. The molecule has 1 aromatic heterocycles. The molecule has 1 atom stereocenters. The lowest BCUT2D eigenvalue weighted by Crippen LogP contribution is -2.24. The first-order valence-electron chi connectivity index (χ1n) is 6.97. The number of hydrogen-bond acceptors (Lipinski definition) is 3. The summed E-state index contributed by atoms with van der Waals surface area (Å²) in [5.41, 5.74) is 9.32. The van der Waals surface area contributed by atoms with E-state index in [1.165, 1.54) is 5.56 Å². The van der Waals surface area contributed by atoms with Crippen molar-refractivity contribution in [3.05, 3.63) is 47.8 Å². The molecule has 2 aromatic rings. The summed E-state index contributed by atoms with van der Waals surface area (Å²) in [6, 6.07) is 10.2. The Bertz CT molecular complexity index is 552. The van der Waals surface area contributed by atoms with Crippen LogP contribution in [0.3, 0.4) is 0 Å². The van der Waals surface area contributed by atoms with Gasteiger partial charge < -0.3 is 11.1 Å². The molecule has 1 unspecified atom stereocenters. The first-order valence-corrected chi connectivity index (χ1v) is 6.97. The van der Waals surface area contributed by atoms with Gasteiger partial charge in [-0.2, -0.15) is 5.10 Å². The number of para-hydroxylation sites is 1. The van der Waals surface area contributed by atoms with Crippen molar-refractivity contribution in [1.29, 1.82) is 0 Å². The Labute approximate surface area is 121 Å². The molecule has 20 heavy (non-hydrogen) atoms. The van der Waals surface area contributed by atoms with Gasteiger partial charge in [-0.15, -0.1) is 0 Å².